The highest BCUT2D eigenvalue weighted by Gasteiger charge is 2.34. The van der Waals surface area contributed by atoms with Crippen molar-refractivity contribution in [3.63, 3.8) is 0 Å². The van der Waals surface area contributed by atoms with E-state index < -0.39 is 17.8 Å². The fourth-order valence-corrected chi connectivity index (χ4v) is 2.55. The van der Waals surface area contributed by atoms with Crippen molar-refractivity contribution >= 4 is 11.8 Å². The standard InChI is InChI=1S/C13H13F3N2OS/c1-8-6-19-12(18-8)20-7-11(17)9-4-2-3-5-10(9)13(14,15)16/h2-6,11H,7,17H2,1H3. The second-order valence-electron chi connectivity index (χ2n) is 4.26. The van der Waals surface area contributed by atoms with Crippen LogP contribution in [-0.2, 0) is 6.18 Å². The fourth-order valence-electron chi connectivity index (χ4n) is 1.73. The highest BCUT2D eigenvalue weighted by molar-refractivity contribution is 7.99. The molecular formula is C13H13F3N2OS. The number of hydrogen-bond acceptors (Lipinski definition) is 4. The second-order valence-corrected chi connectivity index (χ2v) is 5.23. The van der Waals surface area contributed by atoms with Crippen LogP contribution in [0.4, 0.5) is 13.2 Å². The van der Waals surface area contributed by atoms with Gasteiger partial charge in [0.15, 0.2) is 0 Å². The summed E-state index contributed by atoms with van der Waals surface area (Å²) in [5, 5.41) is 0.405. The van der Waals surface area contributed by atoms with Crippen LogP contribution >= 0.6 is 11.8 Å². The zero-order chi connectivity index (χ0) is 14.8. The van der Waals surface area contributed by atoms with E-state index in [1.54, 1.807) is 13.0 Å². The van der Waals surface area contributed by atoms with Crippen molar-refractivity contribution < 1.29 is 17.6 Å². The number of hydrogen-bond donors (Lipinski definition) is 1. The van der Waals surface area contributed by atoms with Crippen molar-refractivity contribution in [1.82, 2.24) is 4.98 Å². The maximum absolute atomic E-state index is 12.9. The molecule has 3 nitrogen and oxygen atoms in total. The van der Waals surface area contributed by atoms with E-state index in [4.69, 9.17) is 10.2 Å². The number of rotatable bonds is 4. The molecule has 0 bridgehead atoms. The Bertz CT molecular complexity index is 583. The summed E-state index contributed by atoms with van der Waals surface area (Å²) < 4.78 is 43.8. The van der Waals surface area contributed by atoms with Gasteiger partial charge in [0.1, 0.15) is 6.26 Å². The zero-order valence-corrected chi connectivity index (χ0v) is 11.5. The van der Waals surface area contributed by atoms with E-state index in [0.29, 0.717) is 5.22 Å². The first-order chi connectivity index (χ1) is 9.38. The van der Waals surface area contributed by atoms with Crippen LogP contribution in [0.5, 0.6) is 0 Å². The molecule has 20 heavy (non-hydrogen) atoms. The minimum absolute atomic E-state index is 0.0794. The molecule has 1 heterocycles. The van der Waals surface area contributed by atoms with Gasteiger partial charge in [0.25, 0.3) is 5.22 Å². The molecule has 0 aliphatic carbocycles. The van der Waals surface area contributed by atoms with Gasteiger partial charge in [0, 0.05) is 11.8 Å². The molecule has 1 atom stereocenters. The number of nitrogens with zero attached hydrogens (tertiary/aromatic N) is 1. The molecule has 1 unspecified atom stereocenters. The van der Waals surface area contributed by atoms with Crippen LogP contribution in [0.1, 0.15) is 22.9 Å². The molecule has 2 aromatic rings. The molecule has 2 rings (SSSR count). The van der Waals surface area contributed by atoms with E-state index in [0.717, 1.165) is 11.8 Å². The minimum Gasteiger partial charge on any atom is -0.440 e. The van der Waals surface area contributed by atoms with Crippen molar-refractivity contribution in [2.45, 2.75) is 24.4 Å². The minimum atomic E-state index is -4.40. The van der Waals surface area contributed by atoms with Crippen molar-refractivity contribution in [3.05, 3.63) is 47.3 Å². The summed E-state index contributed by atoms with van der Waals surface area (Å²) in [6.07, 6.45) is -2.92. The molecule has 0 spiro atoms. The summed E-state index contributed by atoms with van der Waals surface area (Å²) in [5.41, 5.74) is 5.96. The molecule has 2 N–H and O–H groups in total. The molecule has 1 aromatic carbocycles. The molecule has 7 heteroatoms. The van der Waals surface area contributed by atoms with E-state index in [1.165, 1.54) is 30.2 Å². The largest absolute Gasteiger partial charge is 0.440 e. The van der Waals surface area contributed by atoms with Crippen LogP contribution in [0.2, 0.25) is 0 Å². The number of aromatic nitrogens is 1. The molecule has 0 aliphatic rings. The SMILES string of the molecule is Cc1coc(SCC(N)c2ccccc2C(F)(F)F)n1. The lowest BCUT2D eigenvalue weighted by molar-refractivity contribution is -0.138. The van der Waals surface area contributed by atoms with Gasteiger partial charge in [-0.05, 0) is 18.6 Å². The topological polar surface area (TPSA) is 52.0 Å². The number of halogens is 3. The molecule has 0 radical (unpaired) electrons. The lowest BCUT2D eigenvalue weighted by Gasteiger charge is -2.17. The summed E-state index contributed by atoms with van der Waals surface area (Å²) in [5.74, 6) is 0.257. The molecule has 108 valence electrons. The molecule has 0 aliphatic heterocycles. The third-order valence-corrected chi connectivity index (χ3v) is 3.61. The maximum atomic E-state index is 12.9. The molecule has 0 amide bonds. The predicted octanol–water partition coefficient (Wildman–Crippen LogP) is 3.79. The quantitative estimate of drug-likeness (QED) is 0.873. The molecule has 1 aromatic heterocycles. The number of thioether (sulfide) groups is 1. The Kier molecular flexibility index (Phi) is 4.39. The summed E-state index contributed by atoms with van der Waals surface area (Å²) in [4.78, 5) is 4.07. The van der Waals surface area contributed by atoms with Gasteiger partial charge in [-0.3, -0.25) is 0 Å². The van der Waals surface area contributed by atoms with Gasteiger partial charge in [-0.1, -0.05) is 30.0 Å². The normalized spacial score (nSPS) is 13.4. The van der Waals surface area contributed by atoms with Gasteiger partial charge in [-0.15, -0.1) is 0 Å². The predicted molar refractivity (Wildman–Crippen MR) is 70.3 cm³/mol. The van der Waals surface area contributed by atoms with E-state index in [-0.39, 0.29) is 11.3 Å². The van der Waals surface area contributed by atoms with Crippen molar-refractivity contribution in [2.75, 3.05) is 5.75 Å². The summed E-state index contributed by atoms with van der Waals surface area (Å²) in [7, 11) is 0. The smallest absolute Gasteiger partial charge is 0.416 e. The van der Waals surface area contributed by atoms with Gasteiger partial charge in [0.05, 0.1) is 11.3 Å². The number of nitrogens with two attached hydrogens (primary N) is 1. The van der Waals surface area contributed by atoms with E-state index >= 15 is 0 Å². The zero-order valence-electron chi connectivity index (χ0n) is 10.6. The molecule has 0 saturated carbocycles. The van der Waals surface area contributed by atoms with Crippen molar-refractivity contribution in [1.29, 1.82) is 0 Å². The highest BCUT2D eigenvalue weighted by atomic mass is 32.2. The highest BCUT2D eigenvalue weighted by Crippen LogP contribution is 2.35. The summed E-state index contributed by atoms with van der Waals surface area (Å²) in [6, 6.07) is 4.59. The Hall–Kier alpha value is -1.47. The molecular weight excluding hydrogens is 289 g/mol. The van der Waals surface area contributed by atoms with Crippen LogP contribution in [0.25, 0.3) is 0 Å². The van der Waals surface area contributed by atoms with E-state index in [1.807, 2.05) is 0 Å². The lowest BCUT2D eigenvalue weighted by atomic mass is 10.0. The summed E-state index contributed by atoms with van der Waals surface area (Å²) in [6.45, 7) is 1.77. The van der Waals surface area contributed by atoms with Crippen LogP contribution in [-0.4, -0.2) is 10.7 Å². The van der Waals surface area contributed by atoms with Crippen molar-refractivity contribution in [2.24, 2.45) is 5.73 Å². The Labute approximate surface area is 118 Å². The Morgan fingerprint density at radius 3 is 2.65 bits per heavy atom. The first-order valence-corrected chi connectivity index (χ1v) is 6.83. The van der Waals surface area contributed by atoms with Crippen molar-refractivity contribution in [3.8, 4) is 0 Å². The summed E-state index contributed by atoms with van der Waals surface area (Å²) >= 11 is 1.19. The number of benzene rings is 1. The van der Waals surface area contributed by atoms with Crippen LogP contribution < -0.4 is 5.73 Å². The van der Waals surface area contributed by atoms with E-state index in [9.17, 15) is 13.2 Å². The van der Waals surface area contributed by atoms with Crippen LogP contribution in [0, 0.1) is 6.92 Å². The molecule has 0 saturated heterocycles. The van der Waals surface area contributed by atoms with Gasteiger partial charge >= 0.3 is 6.18 Å². The van der Waals surface area contributed by atoms with Gasteiger partial charge in [0.2, 0.25) is 0 Å². The number of alkyl halides is 3. The first kappa shape index (κ1) is 14.9. The Balaban J connectivity index is 2.11. The maximum Gasteiger partial charge on any atom is 0.416 e. The number of aryl methyl sites for hydroxylation is 1. The number of oxazole rings is 1. The third kappa shape index (κ3) is 3.55. The van der Waals surface area contributed by atoms with Gasteiger partial charge < -0.3 is 10.2 Å². The Morgan fingerprint density at radius 2 is 2.05 bits per heavy atom. The third-order valence-electron chi connectivity index (χ3n) is 2.65. The van der Waals surface area contributed by atoms with Crippen LogP contribution in [0.15, 0.2) is 40.2 Å². The van der Waals surface area contributed by atoms with E-state index in [2.05, 4.69) is 4.98 Å². The average Bonchev–Trinajstić information content (AvgIpc) is 2.81. The Morgan fingerprint density at radius 1 is 1.35 bits per heavy atom. The second kappa shape index (κ2) is 5.88. The average molecular weight is 302 g/mol. The fraction of sp³-hybridized carbons (Fsp3) is 0.308. The lowest BCUT2D eigenvalue weighted by Crippen LogP contribution is -2.19. The van der Waals surface area contributed by atoms with Gasteiger partial charge in [-0.25, -0.2) is 4.98 Å². The molecule has 0 fully saturated rings. The van der Waals surface area contributed by atoms with Crippen LogP contribution in [0.3, 0.4) is 0 Å². The van der Waals surface area contributed by atoms with Gasteiger partial charge in [-0.2, -0.15) is 13.2 Å². The first-order valence-electron chi connectivity index (χ1n) is 5.84. The monoisotopic (exact) mass is 302 g/mol.